The second-order valence-electron chi connectivity index (χ2n) is 9.53. The zero-order chi connectivity index (χ0) is 18.6. The van der Waals surface area contributed by atoms with E-state index in [9.17, 15) is 9.90 Å². The molecular formula is C22H34O3. The van der Waals surface area contributed by atoms with Crippen molar-refractivity contribution < 1.29 is 14.6 Å². The van der Waals surface area contributed by atoms with Gasteiger partial charge in [0.2, 0.25) is 0 Å². The lowest BCUT2D eigenvalue weighted by molar-refractivity contribution is -0.147. The predicted molar refractivity (Wildman–Crippen MR) is 100.0 cm³/mol. The molecule has 25 heavy (non-hydrogen) atoms. The van der Waals surface area contributed by atoms with Gasteiger partial charge in [0, 0.05) is 6.92 Å². The number of aliphatic hydroxyl groups is 1. The highest BCUT2D eigenvalue weighted by Crippen LogP contribution is 2.58. The fourth-order valence-corrected chi connectivity index (χ4v) is 6.12. The Kier molecular flexibility index (Phi) is 4.68. The first-order valence-electron chi connectivity index (χ1n) is 9.80. The molecule has 3 nitrogen and oxygen atoms in total. The van der Waals surface area contributed by atoms with Gasteiger partial charge in [0.25, 0.3) is 0 Å². The zero-order valence-electron chi connectivity index (χ0n) is 16.5. The Morgan fingerprint density at radius 1 is 1.28 bits per heavy atom. The molecule has 3 aliphatic rings. The van der Waals surface area contributed by atoms with E-state index in [0.29, 0.717) is 11.8 Å². The van der Waals surface area contributed by atoms with Crippen LogP contribution in [0.5, 0.6) is 0 Å². The molecule has 0 unspecified atom stereocenters. The molecular weight excluding hydrogens is 312 g/mol. The summed E-state index contributed by atoms with van der Waals surface area (Å²) in [6.07, 6.45) is 5.40. The highest BCUT2D eigenvalue weighted by atomic mass is 16.5. The Morgan fingerprint density at radius 2 is 1.96 bits per heavy atom. The lowest BCUT2D eigenvalue weighted by Gasteiger charge is -2.54. The maximum atomic E-state index is 11.5. The predicted octanol–water partition coefficient (Wildman–Crippen LogP) is 4.80. The Labute approximate surface area is 152 Å². The minimum atomic E-state index is -0.372. The topological polar surface area (TPSA) is 46.5 Å². The van der Waals surface area contributed by atoms with E-state index in [1.807, 2.05) is 0 Å². The van der Waals surface area contributed by atoms with Crippen molar-refractivity contribution in [2.24, 2.45) is 22.7 Å². The van der Waals surface area contributed by atoms with E-state index in [0.717, 1.165) is 37.7 Å². The summed E-state index contributed by atoms with van der Waals surface area (Å²) in [6, 6.07) is 0. The molecule has 2 saturated carbocycles. The van der Waals surface area contributed by atoms with Gasteiger partial charge in [0.05, 0.1) is 6.10 Å². The molecule has 0 saturated heterocycles. The number of hydrogen-bond donors (Lipinski definition) is 1. The molecule has 2 bridgehead atoms. The van der Waals surface area contributed by atoms with Gasteiger partial charge in [-0.15, -0.1) is 0 Å². The third kappa shape index (κ3) is 3.09. The first-order chi connectivity index (χ1) is 11.6. The summed E-state index contributed by atoms with van der Waals surface area (Å²) < 4.78 is 5.56. The van der Waals surface area contributed by atoms with Crippen molar-refractivity contribution in [2.75, 3.05) is 0 Å². The van der Waals surface area contributed by atoms with Crippen molar-refractivity contribution in [3.05, 3.63) is 23.3 Å². The number of carbonyl (C=O) groups excluding carboxylic acids is 1. The van der Waals surface area contributed by atoms with E-state index in [4.69, 9.17) is 4.74 Å². The van der Waals surface area contributed by atoms with Gasteiger partial charge in [0.1, 0.15) is 6.10 Å². The maximum absolute atomic E-state index is 11.5. The Balaban J connectivity index is 1.98. The molecule has 0 spiro atoms. The standard InChI is InChI=1S/C22H34O3/c1-13-7-8-16-11-17-14(2)19(25-15(3)23)9-10-22(17,6)12-18(24)20(13)21(16,4)5/h16-19,24H,2,7-12H2,1,3-6H3/t16-,17+,18-,19-,22-/m0/s1. The van der Waals surface area contributed by atoms with Crippen LogP contribution >= 0.6 is 0 Å². The van der Waals surface area contributed by atoms with Crippen LogP contribution in [0.1, 0.15) is 73.1 Å². The van der Waals surface area contributed by atoms with Crippen LogP contribution in [0, 0.1) is 22.7 Å². The van der Waals surface area contributed by atoms with Gasteiger partial charge in [-0.2, -0.15) is 0 Å². The average Bonchev–Trinajstić information content (AvgIpc) is 2.47. The number of esters is 1. The van der Waals surface area contributed by atoms with Crippen molar-refractivity contribution in [3.8, 4) is 0 Å². The lowest BCUT2D eigenvalue weighted by atomic mass is 9.52. The molecule has 5 atom stereocenters. The molecule has 0 aromatic rings. The number of rotatable bonds is 1. The summed E-state index contributed by atoms with van der Waals surface area (Å²) in [4.78, 5) is 11.5. The van der Waals surface area contributed by atoms with E-state index in [1.165, 1.54) is 24.5 Å². The zero-order valence-corrected chi connectivity index (χ0v) is 16.5. The Hall–Kier alpha value is -1.09. The van der Waals surface area contributed by atoms with E-state index in [-0.39, 0.29) is 29.0 Å². The smallest absolute Gasteiger partial charge is 0.303 e. The van der Waals surface area contributed by atoms with Gasteiger partial charge in [-0.3, -0.25) is 4.79 Å². The average molecular weight is 347 g/mol. The van der Waals surface area contributed by atoms with Crippen LogP contribution in [0.3, 0.4) is 0 Å². The minimum absolute atomic E-state index is 0.0255. The summed E-state index contributed by atoms with van der Waals surface area (Å²) in [6.45, 7) is 15.0. The summed E-state index contributed by atoms with van der Waals surface area (Å²) in [5, 5.41) is 11.2. The Bertz CT molecular complexity index is 615. The molecule has 2 fully saturated rings. The van der Waals surface area contributed by atoms with Crippen LogP contribution in [-0.4, -0.2) is 23.3 Å². The van der Waals surface area contributed by atoms with Gasteiger partial charge in [-0.25, -0.2) is 0 Å². The minimum Gasteiger partial charge on any atom is -0.458 e. The third-order valence-corrected chi connectivity index (χ3v) is 7.54. The second-order valence-corrected chi connectivity index (χ2v) is 9.53. The van der Waals surface area contributed by atoms with Crippen molar-refractivity contribution in [1.29, 1.82) is 0 Å². The van der Waals surface area contributed by atoms with Crippen LogP contribution in [0.4, 0.5) is 0 Å². The highest BCUT2D eigenvalue weighted by Gasteiger charge is 2.51. The van der Waals surface area contributed by atoms with Crippen LogP contribution in [0.25, 0.3) is 0 Å². The second kappa shape index (κ2) is 6.26. The molecule has 0 aromatic carbocycles. The van der Waals surface area contributed by atoms with Gasteiger partial charge in [-0.05, 0) is 79.3 Å². The molecule has 3 aliphatic carbocycles. The lowest BCUT2D eigenvalue weighted by Crippen LogP contribution is -2.48. The monoisotopic (exact) mass is 346 g/mol. The normalized spacial score (nSPS) is 40.8. The van der Waals surface area contributed by atoms with Crippen molar-refractivity contribution >= 4 is 5.97 Å². The number of fused-ring (bicyclic) bond motifs is 3. The van der Waals surface area contributed by atoms with E-state index in [2.05, 4.69) is 34.3 Å². The highest BCUT2D eigenvalue weighted by molar-refractivity contribution is 5.66. The van der Waals surface area contributed by atoms with Crippen LogP contribution in [0.15, 0.2) is 23.3 Å². The van der Waals surface area contributed by atoms with Crippen LogP contribution in [0.2, 0.25) is 0 Å². The summed E-state index contributed by atoms with van der Waals surface area (Å²) in [5.74, 6) is 0.627. The van der Waals surface area contributed by atoms with Crippen LogP contribution in [-0.2, 0) is 9.53 Å². The molecule has 0 aromatic heterocycles. The molecule has 0 aliphatic heterocycles. The molecule has 0 heterocycles. The van der Waals surface area contributed by atoms with Crippen molar-refractivity contribution in [2.45, 2.75) is 85.4 Å². The number of hydrogen-bond acceptors (Lipinski definition) is 3. The SMILES string of the molecule is C=C1[C@@H](OC(C)=O)CC[C@@]2(C)C[C@H](O)C3=C(C)CC[C@@H](C[C@H]12)C3(C)C. The van der Waals surface area contributed by atoms with Gasteiger partial charge >= 0.3 is 5.97 Å². The summed E-state index contributed by atoms with van der Waals surface area (Å²) in [5.41, 5.74) is 3.81. The van der Waals surface area contributed by atoms with Gasteiger partial charge < -0.3 is 9.84 Å². The first kappa shape index (κ1) is 18.7. The third-order valence-electron chi connectivity index (χ3n) is 7.54. The fraction of sp³-hybridized carbons (Fsp3) is 0.773. The fourth-order valence-electron chi connectivity index (χ4n) is 6.12. The molecule has 140 valence electrons. The van der Waals surface area contributed by atoms with Crippen molar-refractivity contribution in [1.82, 2.24) is 0 Å². The molecule has 3 rings (SSSR count). The van der Waals surface area contributed by atoms with Crippen molar-refractivity contribution in [3.63, 3.8) is 0 Å². The Morgan fingerprint density at radius 3 is 2.60 bits per heavy atom. The largest absolute Gasteiger partial charge is 0.458 e. The molecule has 3 heteroatoms. The number of carbonyl (C=O) groups is 1. The van der Waals surface area contributed by atoms with E-state index in [1.54, 1.807) is 0 Å². The summed E-state index contributed by atoms with van der Waals surface area (Å²) >= 11 is 0. The van der Waals surface area contributed by atoms with E-state index < -0.39 is 0 Å². The maximum Gasteiger partial charge on any atom is 0.303 e. The van der Waals surface area contributed by atoms with Gasteiger partial charge in [-0.1, -0.05) is 32.9 Å². The first-order valence-corrected chi connectivity index (χ1v) is 9.80. The number of ether oxygens (including phenoxy) is 1. The molecule has 1 N–H and O–H groups in total. The van der Waals surface area contributed by atoms with E-state index >= 15 is 0 Å². The number of allylic oxidation sites excluding steroid dienone is 1. The molecule has 0 amide bonds. The quantitative estimate of drug-likeness (QED) is 0.548. The van der Waals surface area contributed by atoms with Crippen LogP contribution < -0.4 is 0 Å². The molecule has 0 radical (unpaired) electrons. The number of aliphatic hydroxyl groups excluding tert-OH is 1. The van der Waals surface area contributed by atoms with Gasteiger partial charge in [0.15, 0.2) is 0 Å². The summed E-state index contributed by atoms with van der Waals surface area (Å²) in [7, 11) is 0.